The molecule has 0 saturated carbocycles. The first-order valence-electron chi connectivity index (χ1n) is 5.31. The Labute approximate surface area is 99.4 Å². The highest BCUT2D eigenvalue weighted by Crippen LogP contribution is 2.22. The van der Waals surface area contributed by atoms with Crippen LogP contribution in [0.15, 0.2) is 12.5 Å². The second kappa shape index (κ2) is 4.99. The van der Waals surface area contributed by atoms with Gasteiger partial charge in [-0.05, 0) is 5.41 Å². The van der Waals surface area contributed by atoms with E-state index in [0.717, 1.165) is 0 Å². The van der Waals surface area contributed by atoms with Gasteiger partial charge in [-0.15, -0.1) is 0 Å². The fourth-order valence-electron chi connectivity index (χ4n) is 1.36. The topological polar surface area (TPSA) is 95.1 Å². The van der Waals surface area contributed by atoms with Gasteiger partial charge in [-0.25, -0.2) is 4.98 Å². The Hall–Kier alpha value is -1.85. The lowest BCUT2D eigenvalue weighted by atomic mass is 9.84. The number of aliphatic carboxylic acids is 1. The Morgan fingerprint density at radius 3 is 2.59 bits per heavy atom. The molecular weight excluding hydrogens is 222 g/mol. The maximum atomic E-state index is 11.8. The van der Waals surface area contributed by atoms with Crippen molar-refractivity contribution < 1.29 is 14.7 Å². The van der Waals surface area contributed by atoms with E-state index in [2.05, 4.69) is 15.3 Å². The maximum absolute atomic E-state index is 11.8. The van der Waals surface area contributed by atoms with E-state index >= 15 is 0 Å². The van der Waals surface area contributed by atoms with E-state index in [-0.39, 0.29) is 17.7 Å². The number of aromatic nitrogens is 2. The van der Waals surface area contributed by atoms with Gasteiger partial charge in [0.25, 0.3) is 5.91 Å². The first-order valence-corrected chi connectivity index (χ1v) is 5.31. The normalized spacial score (nSPS) is 13.1. The average Bonchev–Trinajstić information content (AvgIpc) is 2.66. The maximum Gasteiger partial charge on any atom is 0.305 e. The van der Waals surface area contributed by atoms with E-state index in [1.165, 1.54) is 12.5 Å². The Kier molecular flexibility index (Phi) is 3.88. The van der Waals surface area contributed by atoms with Crippen LogP contribution in [0.2, 0.25) is 0 Å². The first kappa shape index (κ1) is 13.2. The Balaban J connectivity index is 2.73. The third-order valence-electron chi connectivity index (χ3n) is 2.47. The number of carbonyl (C=O) groups excluding carboxylic acids is 1. The van der Waals surface area contributed by atoms with Gasteiger partial charge in [0.15, 0.2) is 0 Å². The van der Waals surface area contributed by atoms with E-state index in [9.17, 15) is 9.59 Å². The molecule has 1 atom stereocenters. The third-order valence-corrected chi connectivity index (χ3v) is 2.47. The van der Waals surface area contributed by atoms with Crippen LogP contribution in [0.4, 0.5) is 0 Å². The number of hydrogen-bond acceptors (Lipinski definition) is 3. The zero-order valence-corrected chi connectivity index (χ0v) is 10.2. The van der Waals surface area contributed by atoms with Crippen molar-refractivity contribution in [3.8, 4) is 0 Å². The van der Waals surface area contributed by atoms with Crippen LogP contribution in [0.25, 0.3) is 0 Å². The molecule has 1 heterocycles. The van der Waals surface area contributed by atoms with E-state index in [1.807, 2.05) is 20.8 Å². The Bertz CT molecular complexity index is 393. The SMILES string of the molecule is CC(C)(C)C(CC(=O)O)NC(=O)c1cnc[nH]1. The van der Waals surface area contributed by atoms with Gasteiger partial charge < -0.3 is 15.4 Å². The molecule has 0 aliphatic rings. The molecule has 94 valence electrons. The number of nitrogens with zero attached hydrogens (tertiary/aromatic N) is 1. The van der Waals surface area contributed by atoms with Gasteiger partial charge in [-0.3, -0.25) is 9.59 Å². The van der Waals surface area contributed by atoms with Crippen molar-refractivity contribution in [2.75, 3.05) is 0 Å². The number of carboxylic acid groups (broad SMARTS) is 1. The number of H-pyrrole nitrogens is 1. The van der Waals surface area contributed by atoms with Crippen LogP contribution in [0.3, 0.4) is 0 Å². The molecule has 1 rings (SSSR count). The van der Waals surface area contributed by atoms with Crippen molar-refractivity contribution in [3.63, 3.8) is 0 Å². The molecule has 0 aliphatic carbocycles. The lowest BCUT2D eigenvalue weighted by Gasteiger charge is -2.30. The van der Waals surface area contributed by atoms with E-state index in [4.69, 9.17) is 5.11 Å². The summed E-state index contributed by atoms with van der Waals surface area (Å²) in [5.41, 5.74) is -0.00159. The van der Waals surface area contributed by atoms with Crippen LogP contribution in [0, 0.1) is 5.41 Å². The number of rotatable bonds is 4. The monoisotopic (exact) mass is 239 g/mol. The summed E-state index contributed by atoms with van der Waals surface area (Å²) in [5.74, 6) is -1.28. The summed E-state index contributed by atoms with van der Waals surface area (Å²) < 4.78 is 0. The summed E-state index contributed by atoms with van der Waals surface area (Å²) in [4.78, 5) is 28.9. The lowest BCUT2D eigenvalue weighted by Crippen LogP contribution is -2.45. The fourth-order valence-corrected chi connectivity index (χ4v) is 1.36. The lowest BCUT2D eigenvalue weighted by molar-refractivity contribution is -0.138. The van der Waals surface area contributed by atoms with Crippen LogP contribution >= 0.6 is 0 Å². The van der Waals surface area contributed by atoms with Gasteiger partial charge in [0.1, 0.15) is 5.69 Å². The van der Waals surface area contributed by atoms with Crippen molar-refractivity contribution in [3.05, 3.63) is 18.2 Å². The van der Waals surface area contributed by atoms with Crippen molar-refractivity contribution in [1.82, 2.24) is 15.3 Å². The summed E-state index contributed by atoms with van der Waals surface area (Å²) in [7, 11) is 0. The minimum Gasteiger partial charge on any atom is -0.481 e. The van der Waals surface area contributed by atoms with Gasteiger partial charge in [0.2, 0.25) is 0 Å². The summed E-state index contributed by atoms with van der Waals surface area (Å²) in [6.07, 6.45) is 2.69. The van der Waals surface area contributed by atoms with Crippen LogP contribution < -0.4 is 5.32 Å². The predicted octanol–water partition coefficient (Wildman–Crippen LogP) is 1.03. The smallest absolute Gasteiger partial charge is 0.305 e. The molecule has 0 spiro atoms. The highest BCUT2D eigenvalue weighted by Gasteiger charge is 2.28. The number of aromatic amines is 1. The van der Waals surface area contributed by atoms with Crippen LogP contribution in [0.1, 0.15) is 37.7 Å². The number of carbonyl (C=O) groups is 2. The number of amides is 1. The number of imidazole rings is 1. The number of hydrogen-bond donors (Lipinski definition) is 3. The zero-order valence-electron chi connectivity index (χ0n) is 10.2. The minimum atomic E-state index is -0.935. The van der Waals surface area contributed by atoms with Crippen LogP contribution in [-0.4, -0.2) is 33.0 Å². The molecule has 3 N–H and O–H groups in total. The highest BCUT2D eigenvalue weighted by molar-refractivity contribution is 5.92. The first-order chi connectivity index (χ1) is 7.80. The molecule has 6 heteroatoms. The molecular formula is C11H17N3O3. The van der Waals surface area contributed by atoms with E-state index in [1.54, 1.807) is 0 Å². The van der Waals surface area contributed by atoms with E-state index in [0.29, 0.717) is 5.69 Å². The van der Waals surface area contributed by atoms with Gasteiger partial charge in [0, 0.05) is 6.04 Å². The Morgan fingerprint density at radius 2 is 2.18 bits per heavy atom. The standard InChI is InChI=1S/C11H17N3O3/c1-11(2,3)8(4-9(15)16)14-10(17)7-5-12-6-13-7/h5-6,8H,4H2,1-3H3,(H,12,13)(H,14,17)(H,15,16). The molecule has 1 aromatic heterocycles. The predicted molar refractivity (Wildman–Crippen MR) is 61.5 cm³/mol. The van der Waals surface area contributed by atoms with Gasteiger partial charge in [-0.2, -0.15) is 0 Å². The molecule has 17 heavy (non-hydrogen) atoms. The van der Waals surface area contributed by atoms with Crippen molar-refractivity contribution in [2.45, 2.75) is 33.2 Å². The van der Waals surface area contributed by atoms with Crippen LogP contribution in [-0.2, 0) is 4.79 Å². The molecule has 0 radical (unpaired) electrons. The molecule has 0 aliphatic heterocycles. The van der Waals surface area contributed by atoms with Gasteiger partial charge in [0.05, 0.1) is 18.9 Å². The molecule has 6 nitrogen and oxygen atoms in total. The van der Waals surface area contributed by atoms with Gasteiger partial charge >= 0.3 is 5.97 Å². The minimum absolute atomic E-state index is 0.108. The van der Waals surface area contributed by atoms with Crippen molar-refractivity contribution >= 4 is 11.9 Å². The summed E-state index contributed by atoms with van der Waals surface area (Å²) in [5, 5.41) is 11.5. The highest BCUT2D eigenvalue weighted by atomic mass is 16.4. The average molecular weight is 239 g/mol. The Morgan fingerprint density at radius 1 is 1.53 bits per heavy atom. The molecule has 0 aromatic carbocycles. The second-order valence-electron chi connectivity index (χ2n) is 4.96. The molecule has 0 bridgehead atoms. The number of nitrogens with one attached hydrogen (secondary N) is 2. The van der Waals surface area contributed by atoms with Crippen molar-refractivity contribution in [2.24, 2.45) is 5.41 Å². The molecule has 1 aromatic rings. The zero-order chi connectivity index (χ0) is 13.1. The third kappa shape index (κ3) is 3.90. The van der Waals surface area contributed by atoms with Crippen molar-refractivity contribution in [1.29, 1.82) is 0 Å². The van der Waals surface area contributed by atoms with Gasteiger partial charge in [-0.1, -0.05) is 20.8 Å². The quantitative estimate of drug-likeness (QED) is 0.731. The molecule has 1 unspecified atom stereocenters. The molecule has 0 fully saturated rings. The second-order valence-corrected chi connectivity index (χ2v) is 4.96. The summed E-state index contributed by atoms with van der Waals surface area (Å²) in [6.45, 7) is 5.65. The largest absolute Gasteiger partial charge is 0.481 e. The molecule has 1 amide bonds. The number of carboxylic acids is 1. The van der Waals surface area contributed by atoms with Crippen LogP contribution in [0.5, 0.6) is 0 Å². The molecule has 0 saturated heterocycles. The summed E-state index contributed by atoms with van der Waals surface area (Å²) in [6, 6.07) is -0.434. The summed E-state index contributed by atoms with van der Waals surface area (Å²) >= 11 is 0. The fraction of sp³-hybridized carbons (Fsp3) is 0.545. The van der Waals surface area contributed by atoms with E-state index < -0.39 is 12.0 Å².